The molecule has 6 nitrogen and oxygen atoms in total. The maximum absolute atomic E-state index is 12.2. The van der Waals surface area contributed by atoms with Crippen LogP contribution in [-0.4, -0.2) is 48.4 Å². The second kappa shape index (κ2) is 7.77. The lowest BCUT2D eigenvalue weighted by Gasteiger charge is -2.30. The van der Waals surface area contributed by atoms with Crippen LogP contribution in [-0.2, 0) is 4.79 Å². The molecule has 0 aliphatic carbocycles. The van der Waals surface area contributed by atoms with E-state index in [2.05, 4.69) is 22.5 Å². The summed E-state index contributed by atoms with van der Waals surface area (Å²) < 4.78 is 0. The maximum Gasteiger partial charge on any atom is 0.254 e. The van der Waals surface area contributed by atoms with Crippen molar-refractivity contribution in [1.29, 1.82) is 0 Å². The Balaban J connectivity index is 1.84. The van der Waals surface area contributed by atoms with Gasteiger partial charge in [0.25, 0.3) is 5.91 Å². The molecule has 0 atom stereocenters. The highest BCUT2D eigenvalue weighted by molar-refractivity contribution is 5.98. The highest BCUT2D eigenvalue weighted by Gasteiger charge is 2.20. The molecule has 0 unspecified atom stereocenters. The van der Waals surface area contributed by atoms with Gasteiger partial charge in [0, 0.05) is 39.3 Å². The molecular weight excluding hydrogens is 280 g/mol. The molecule has 1 aromatic heterocycles. The molecule has 22 heavy (non-hydrogen) atoms. The lowest BCUT2D eigenvalue weighted by molar-refractivity contribution is -0.132. The number of carbonyl (C=O) groups is 2. The van der Waals surface area contributed by atoms with Gasteiger partial charge in [-0.3, -0.25) is 9.59 Å². The van der Waals surface area contributed by atoms with Crippen molar-refractivity contribution in [3.63, 3.8) is 0 Å². The summed E-state index contributed by atoms with van der Waals surface area (Å²) in [5.41, 5.74) is 0.490. The van der Waals surface area contributed by atoms with Gasteiger partial charge < -0.3 is 15.5 Å². The lowest BCUT2D eigenvalue weighted by atomic mass is 9.99. The molecule has 1 aromatic rings. The zero-order chi connectivity index (χ0) is 15.9. The van der Waals surface area contributed by atoms with Crippen LogP contribution < -0.4 is 10.6 Å². The predicted molar refractivity (Wildman–Crippen MR) is 85.7 cm³/mol. The zero-order valence-corrected chi connectivity index (χ0v) is 13.3. The largest absolute Gasteiger partial charge is 0.369 e. The van der Waals surface area contributed by atoms with Crippen LogP contribution in [0.25, 0.3) is 0 Å². The summed E-state index contributed by atoms with van der Waals surface area (Å²) in [7, 11) is 1.58. The molecule has 0 bridgehead atoms. The second-order valence-corrected chi connectivity index (χ2v) is 5.72. The van der Waals surface area contributed by atoms with Gasteiger partial charge in [0.1, 0.15) is 5.82 Å². The van der Waals surface area contributed by atoms with Crippen molar-refractivity contribution in [1.82, 2.24) is 15.2 Å². The van der Waals surface area contributed by atoms with Crippen LogP contribution >= 0.6 is 0 Å². The minimum atomic E-state index is -0.188. The van der Waals surface area contributed by atoms with E-state index in [-0.39, 0.29) is 11.8 Å². The molecule has 6 heteroatoms. The van der Waals surface area contributed by atoms with Gasteiger partial charge in [0.05, 0.1) is 5.56 Å². The van der Waals surface area contributed by atoms with E-state index in [1.165, 1.54) is 0 Å². The fraction of sp³-hybridized carbons (Fsp3) is 0.562. The first kappa shape index (κ1) is 16.3. The molecular formula is C16H24N4O2. The van der Waals surface area contributed by atoms with Crippen LogP contribution in [0.5, 0.6) is 0 Å². The molecule has 0 spiro atoms. The molecule has 2 rings (SSSR count). The van der Waals surface area contributed by atoms with Crippen molar-refractivity contribution in [3.05, 3.63) is 23.9 Å². The minimum Gasteiger partial charge on any atom is -0.369 e. The SMILES string of the molecule is CNC(=O)c1cccnc1NCCC(=O)N1CCC(C)CC1. The smallest absolute Gasteiger partial charge is 0.254 e. The molecule has 1 aliphatic heterocycles. The number of rotatable bonds is 5. The molecule has 120 valence electrons. The van der Waals surface area contributed by atoms with E-state index in [0.29, 0.717) is 30.3 Å². The average molecular weight is 304 g/mol. The molecule has 2 N–H and O–H groups in total. The highest BCUT2D eigenvalue weighted by Crippen LogP contribution is 2.17. The van der Waals surface area contributed by atoms with Crippen LogP contribution in [0, 0.1) is 5.92 Å². The number of amides is 2. The van der Waals surface area contributed by atoms with Crippen LogP contribution in [0.4, 0.5) is 5.82 Å². The lowest BCUT2D eigenvalue weighted by Crippen LogP contribution is -2.38. The highest BCUT2D eigenvalue weighted by atomic mass is 16.2. The zero-order valence-electron chi connectivity index (χ0n) is 13.3. The number of piperidine rings is 1. The predicted octanol–water partition coefficient (Wildman–Crippen LogP) is 1.50. The minimum absolute atomic E-state index is 0.164. The molecule has 1 saturated heterocycles. The number of hydrogen-bond acceptors (Lipinski definition) is 4. The Morgan fingerprint density at radius 3 is 2.77 bits per heavy atom. The summed E-state index contributed by atoms with van der Waals surface area (Å²) in [5, 5.41) is 5.67. The first-order valence-corrected chi connectivity index (χ1v) is 7.80. The van der Waals surface area contributed by atoms with Gasteiger partial charge in [0.15, 0.2) is 0 Å². The van der Waals surface area contributed by atoms with E-state index in [4.69, 9.17) is 0 Å². The fourth-order valence-corrected chi connectivity index (χ4v) is 2.57. The summed E-state index contributed by atoms with van der Waals surface area (Å²) in [6.07, 6.45) is 4.21. The van der Waals surface area contributed by atoms with Crippen molar-refractivity contribution in [2.45, 2.75) is 26.2 Å². The molecule has 1 aliphatic rings. The number of likely N-dealkylation sites (tertiary alicyclic amines) is 1. The van der Waals surface area contributed by atoms with Gasteiger partial charge in [-0.05, 0) is 30.9 Å². The summed E-state index contributed by atoms with van der Waals surface area (Å²) in [5.74, 6) is 1.21. The quantitative estimate of drug-likeness (QED) is 0.864. The molecule has 2 heterocycles. The van der Waals surface area contributed by atoms with E-state index in [1.807, 2.05) is 4.90 Å². The van der Waals surface area contributed by atoms with Crippen molar-refractivity contribution in [2.75, 3.05) is 32.0 Å². The van der Waals surface area contributed by atoms with Crippen molar-refractivity contribution < 1.29 is 9.59 Å². The van der Waals surface area contributed by atoms with Gasteiger partial charge in [-0.15, -0.1) is 0 Å². The Labute approximate surface area is 131 Å². The Morgan fingerprint density at radius 2 is 2.09 bits per heavy atom. The van der Waals surface area contributed by atoms with Gasteiger partial charge in [-0.2, -0.15) is 0 Å². The first-order chi connectivity index (χ1) is 10.6. The Kier molecular flexibility index (Phi) is 5.75. The number of nitrogens with zero attached hydrogens (tertiary/aromatic N) is 2. The molecule has 0 aromatic carbocycles. The fourth-order valence-electron chi connectivity index (χ4n) is 2.57. The summed E-state index contributed by atoms with van der Waals surface area (Å²) in [6, 6.07) is 3.43. The van der Waals surface area contributed by atoms with Crippen LogP contribution in [0.15, 0.2) is 18.3 Å². The number of hydrogen-bond donors (Lipinski definition) is 2. The molecule has 1 fully saturated rings. The van der Waals surface area contributed by atoms with Crippen LogP contribution in [0.2, 0.25) is 0 Å². The van der Waals surface area contributed by atoms with Crippen LogP contribution in [0.1, 0.15) is 36.5 Å². The summed E-state index contributed by atoms with van der Waals surface area (Å²) >= 11 is 0. The van der Waals surface area contributed by atoms with Gasteiger partial charge in [-0.25, -0.2) is 4.98 Å². The number of nitrogens with one attached hydrogen (secondary N) is 2. The van der Waals surface area contributed by atoms with Gasteiger partial charge in [-0.1, -0.05) is 6.92 Å². The third kappa shape index (κ3) is 4.19. The Hall–Kier alpha value is -2.11. The van der Waals surface area contributed by atoms with Gasteiger partial charge in [0.2, 0.25) is 5.91 Å². The van der Waals surface area contributed by atoms with Crippen molar-refractivity contribution in [3.8, 4) is 0 Å². The first-order valence-electron chi connectivity index (χ1n) is 7.80. The van der Waals surface area contributed by atoms with Crippen molar-refractivity contribution in [2.24, 2.45) is 5.92 Å². The van der Waals surface area contributed by atoms with Crippen molar-refractivity contribution >= 4 is 17.6 Å². The second-order valence-electron chi connectivity index (χ2n) is 5.72. The third-order valence-electron chi connectivity index (χ3n) is 4.05. The van der Waals surface area contributed by atoms with E-state index in [9.17, 15) is 9.59 Å². The normalized spacial score (nSPS) is 15.5. The molecule has 2 amide bonds. The third-order valence-corrected chi connectivity index (χ3v) is 4.05. The number of carbonyl (C=O) groups excluding carboxylic acids is 2. The molecule has 0 saturated carbocycles. The number of pyridine rings is 1. The number of anilines is 1. The molecule has 0 radical (unpaired) electrons. The van der Waals surface area contributed by atoms with E-state index in [1.54, 1.807) is 25.4 Å². The summed E-state index contributed by atoms with van der Waals surface area (Å²) in [6.45, 7) is 4.41. The van der Waals surface area contributed by atoms with E-state index < -0.39 is 0 Å². The van der Waals surface area contributed by atoms with E-state index in [0.717, 1.165) is 25.9 Å². The monoisotopic (exact) mass is 304 g/mol. The average Bonchev–Trinajstić information content (AvgIpc) is 2.55. The van der Waals surface area contributed by atoms with E-state index >= 15 is 0 Å². The number of aromatic nitrogens is 1. The Bertz CT molecular complexity index is 525. The van der Waals surface area contributed by atoms with Gasteiger partial charge >= 0.3 is 0 Å². The Morgan fingerprint density at radius 1 is 1.36 bits per heavy atom. The standard InChI is InChI=1S/C16H24N4O2/c1-12-6-10-20(11-7-12)14(21)5-9-19-15-13(16(22)17-2)4-3-8-18-15/h3-4,8,12H,5-7,9-11H2,1-2H3,(H,17,22)(H,18,19). The maximum atomic E-state index is 12.2. The topological polar surface area (TPSA) is 74.3 Å². The summed E-state index contributed by atoms with van der Waals surface area (Å²) in [4.78, 5) is 30.0. The van der Waals surface area contributed by atoms with Crippen LogP contribution in [0.3, 0.4) is 0 Å².